The van der Waals surface area contributed by atoms with E-state index in [1.807, 2.05) is 11.8 Å². The van der Waals surface area contributed by atoms with Gasteiger partial charge in [0.1, 0.15) is 0 Å². The summed E-state index contributed by atoms with van der Waals surface area (Å²) in [6, 6.07) is 10.6. The Kier molecular flexibility index (Phi) is 5.58. The fraction of sp³-hybridized carbons (Fsp3) is 0.625. The highest BCUT2D eigenvalue weighted by Gasteiger charge is 2.23. The highest BCUT2D eigenvalue weighted by molar-refractivity contribution is 7.99. The van der Waals surface area contributed by atoms with Crippen LogP contribution in [-0.4, -0.2) is 16.5 Å². The molecule has 0 aliphatic heterocycles. The molecule has 1 nitrogen and oxygen atoms in total. The van der Waals surface area contributed by atoms with E-state index in [2.05, 4.69) is 37.3 Å². The molecule has 1 aliphatic carbocycles. The van der Waals surface area contributed by atoms with Gasteiger partial charge in [0.15, 0.2) is 0 Å². The van der Waals surface area contributed by atoms with Crippen molar-refractivity contribution < 1.29 is 5.11 Å². The smallest absolute Gasteiger partial charge is 0.0568 e. The second-order valence-corrected chi connectivity index (χ2v) is 6.94. The van der Waals surface area contributed by atoms with Crippen molar-refractivity contribution in [3.63, 3.8) is 0 Å². The van der Waals surface area contributed by atoms with Gasteiger partial charge in [0, 0.05) is 10.1 Å². The molecular formula is C16H24OS. The summed E-state index contributed by atoms with van der Waals surface area (Å²) in [5.74, 6) is 0.553. The number of benzene rings is 1. The fourth-order valence-electron chi connectivity index (χ4n) is 2.76. The lowest BCUT2D eigenvalue weighted by molar-refractivity contribution is 0.0644. The van der Waals surface area contributed by atoms with Crippen molar-refractivity contribution in [3.8, 4) is 0 Å². The first-order chi connectivity index (χ1) is 8.75. The highest BCUT2D eigenvalue weighted by Crippen LogP contribution is 2.32. The Bertz CT molecular complexity index is 338. The topological polar surface area (TPSA) is 20.2 Å². The molecule has 0 heterocycles. The van der Waals surface area contributed by atoms with Crippen LogP contribution in [0, 0.1) is 5.92 Å². The Morgan fingerprint density at radius 1 is 1.22 bits per heavy atom. The van der Waals surface area contributed by atoms with Crippen LogP contribution in [0.2, 0.25) is 0 Å². The average molecular weight is 264 g/mol. The van der Waals surface area contributed by atoms with E-state index in [1.165, 1.54) is 37.0 Å². The number of aliphatic hydroxyl groups excluding tert-OH is 1. The third-order valence-corrected chi connectivity index (χ3v) is 5.08. The van der Waals surface area contributed by atoms with Gasteiger partial charge in [0.05, 0.1) is 6.10 Å². The Balaban J connectivity index is 1.72. The summed E-state index contributed by atoms with van der Waals surface area (Å²) in [4.78, 5) is 1.36. The van der Waals surface area contributed by atoms with Crippen LogP contribution in [0.1, 0.15) is 45.4 Å². The zero-order valence-electron chi connectivity index (χ0n) is 11.2. The molecule has 1 aromatic carbocycles. The molecule has 0 amide bonds. The lowest BCUT2D eigenvalue weighted by Gasteiger charge is -2.28. The van der Waals surface area contributed by atoms with Crippen LogP contribution in [0.25, 0.3) is 0 Å². The second-order valence-electron chi connectivity index (χ2n) is 5.43. The molecule has 2 rings (SSSR count). The molecule has 3 unspecified atom stereocenters. The maximum atomic E-state index is 9.96. The molecule has 2 heteroatoms. The van der Waals surface area contributed by atoms with Crippen LogP contribution < -0.4 is 0 Å². The molecule has 0 radical (unpaired) electrons. The van der Waals surface area contributed by atoms with Gasteiger partial charge in [-0.2, -0.15) is 0 Å². The Hall–Kier alpha value is -0.470. The first kappa shape index (κ1) is 14.0. The minimum Gasteiger partial charge on any atom is -0.393 e. The van der Waals surface area contributed by atoms with Gasteiger partial charge < -0.3 is 5.11 Å². The number of thioether (sulfide) groups is 1. The SMILES string of the molecule is CC(CCC1CCCCC1O)Sc1ccccc1. The summed E-state index contributed by atoms with van der Waals surface area (Å²) < 4.78 is 0. The van der Waals surface area contributed by atoms with Crippen molar-refractivity contribution in [2.24, 2.45) is 5.92 Å². The first-order valence-corrected chi connectivity index (χ1v) is 8.03. The molecule has 1 saturated carbocycles. The number of aliphatic hydroxyl groups is 1. The molecule has 0 aromatic heterocycles. The summed E-state index contributed by atoms with van der Waals surface area (Å²) in [6.45, 7) is 2.30. The average Bonchev–Trinajstić information content (AvgIpc) is 2.39. The van der Waals surface area contributed by atoms with Gasteiger partial charge in [-0.1, -0.05) is 38.0 Å². The summed E-state index contributed by atoms with van der Waals surface area (Å²) in [5, 5.41) is 10.6. The van der Waals surface area contributed by atoms with E-state index in [0.717, 1.165) is 6.42 Å². The van der Waals surface area contributed by atoms with Crippen LogP contribution in [0.5, 0.6) is 0 Å². The number of hydrogen-bond donors (Lipinski definition) is 1. The summed E-state index contributed by atoms with van der Waals surface area (Å²) in [5.41, 5.74) is 0. The number of hydrogen-bond acceptors (Lipinski definition) is 2. The van der Waals surface area contributed by atoms with Crippen molar-refractivity contribution in [1.82, 2.24) is 0 Å². The molecule has 100 valence electrons. The maximum Gasteiger partial charge on any atom is 0.0568 e. The Morgan fingerprint density at radius 2 is 1.94 bits per heavy atom. The van der Waals surface area contributed by atoms with Crippen molar-refractivity contribution in [3.05, 3.63) is 30.3 Å². The van der Waals surface area contributed by atoms with Gasteiger partial charge in [0.2, 0.25) is 0 Å². The van der Waals surface area contributed by atoms with Gasteiger partial charge in [-0.15, -0.1) is 11.8 Å². The minimum atomic E-state index is -0.0346. The third kappa shape index (κ3) is 4.33. The zero-order valence-corrected chi connectivity index (χ0v) is 12.0. The molecule has 0 saturated heterocycles. The van der Waals surface area contributed by atoms with Crippen molar-refractivity contribution in [1.29, 1.82) is 0 Å². The molecule has 0 spiro atoms. The predicted molar refractivity (Wildman–Crippen MR) is 79.0 cm³/mol. The first-order valence-electron chi connectivity index (χ1n) is 7.15. The third-order valence-electron chi connectivity index (χ3n) is 3.89. The van der Waals surface area contributed by atoms with E-state index in [0.29, 0.717) is 11.2 Å². The maximum absolute atomic E-state index is 9.96. The Labute approximate surface area is 115 Å². The largest absolute Gasteiger partial charge is 0.393 e. The van der Waals surface area contributed by atoms with E-state index in [1.54, 1.807) is 0 Å². The molecule has 1 N–H and O–H groups in total. The van der Waals surface area contributed by atoms with E-state index in [9.17, 15) is 5.11 Å². The lowest BCUT2D eigenvalue weighted by Crippen LogP contribution is -2.24. The minimum absolute atomic E-state index is 0.0346. The fourth-order valence-corrected chi connectivity index (χ4v) is 3.80. The van der Waals surface area contributed by atoms with Gasteiger partial charge in [0.25, 0.3) is 0 Å². The van der Waals surface area contributed by atoms with Crippen molar-refractivity contribution >= 4 is 11.8 Å². The van der Waals surface area contributed by atoms with Crippen LogP contribution >= 0.6 is 11.8 Å². The predicted octanol–water partition coefficient (Wildman–Crippen LogP) is 4.50. The van der Waals surface area contributed by atoms with E-state index in [-0.39, 0.29) is 6.10 Å². The van der Waals surface area contributed by atoms with Crippen LogP contribution in [-0.2, 0) is 0 Å². The second kappa shape index (κ2) is 7.20. The van der Waals surface area contributed by atoms with Gasteiger partial charge >= 0.3 is 0 Å². The van der Waals surface area contributed by atoms with Crippen LogP contribution in [0.3, 0.4) is 0 Å². The van der Waals surface area contributed by atoms with E-state index < -0.39 is 0 Å². The van der Waals surface area contributed by atoms with Gasteiger partial charge in [-0.05, 0) is 43.7 Å². The summed E-state index contributed by atoms with van der Waals surface area (Å²) >= 11 is 1.95. The van der Waals surface area contributed by atoms with Crippen molar-refractivity contribution in [2.75, 3.05) is 0 Å². The van der Waals surface area contributed by atoms with Gasteiger partial charge in [-0.3, -0.25) is 0 Å². The molecular weight excluding hydrogens is 240 g/mol. The van der Waals surface area contributed by atoms with Crippen molar-refractivity contribution in [2.45, 2.75) is 61.7 Å². The standard InChI is InChI=1S/C16H24OS/c1-13(18-15-8-3-2-4-9-15)11-12-14-7-5-6-10-16(14)17/h2-4,8-9,13-14,16-17H,5-7,10-12H2,1H3. The molecule has 1 aliphatic rings. The van der Waals surface area contributed by atoms with E-state index >= 15 is 0 Å². The zero-order chi connectivity index (χ0) is 12.8. The summed E-state index contributed by atoms with van der Waals surface area (Å²) in [7, 11) is 0. The van der Waals surface area contributed by atoms with Gasteiger partial charge in [-0.25, -0.2) is 0 Å². The quantitative estimate of drug-likeness (QED) is 0.790. The van der Waals surface area contributed by atoms with E-state index in [4.69, 9.17) is 0 Å². The summed E-state index contributed by atoms with van der Waals surface area (Å²) in [6.07, 6.45) is 7.12. The lowest BCUT2D eigenvalue weighted by atomic mass is 9.83. The van der Waals surface area contributed by atoms with Crippen LogP contribution in [0.15, 0.2) is 35.2 Å². The monoisotopic (exact) mass is 264 g/mol. The molecule has 18 heavy (non-hydrogen) atoms. The Morgan fingerprint density at radius 3 is 2.67 bits per heavy atom. The molecule has 1 aromatic rings. The molecule has 0 bridgehead atoms. The van der Waals surface area contributed by atoms with Crippen LogP contribution in [0.4, 0.5) is 0 Å². The number of rotatable bonds is 5. The molecule has 1 fully saturated rings. The normalized spacial score (nSPS) is 25.9. The highest BCUT2D eigenvalue weighted by atomic mass is 32.2. The molecule has 3 atom stereocenters.